The highest BCUT2D eigenvalue weighted by atomic mass is 16.4. The molecule has 78 valence electrons. The standard InChI is InChI=1S/C11H17NO2/c13-8(14)3-4-12-11-9-6-1-2-7(5-6)10(9)11/h6-7,9-12H,1-5H2,(H,13,14). The molecular formula is C11H17NO2. The fraction of sp³-hybridized carbons (Fsp3) is 0.909. The van der Waals surface area contributed by atoms with Crippen molar-refractivity contribution in [2.75, 3.05) is 6.54 Å². The zero-order valence-electron chi connectivity index (χ0n) is 8.28. The molecule has 2 bridgehead atoms. The molecule has 0 spiro atoms. The SMILES string of the molecule is O=C(O)CCNC1C2C3CCC(C3)C12. The van der Waals surface area contributed by atoms with Crippen LogP contribution in [-0.4, -0.2) is 23.7 Å². The van der Waals surface area contributed by atoms with Crippen molar-refractivity contribution >= 4 is 5.97 Å². The maximum absolute atomic E-state index is 10.3. The van der Waals surface area contributed by atoms with Crippen molar-refractivity contribution in [3.8, 4) is 0 Å². The van der Waals surface area contributed by atoms with Gasteiger partial charge in [-0.25, -0.2) is 0 Å². The number of carboxylic acid groups (broad SMARTS) is 1. The van der Waals surface area contributed by atoms with Gasteiger partial charge in [0.05, 0.1) is 6.42 Å². The van der Waals surface area contributed by atoms with Crippen LogP contribution in [0.25, 0.3) is 0 Å². The maximum Gasteiger partial charge on any atom is 0.304 e. The smallest absolute Gasteiger partial charge is 0.304 e. The molecule has 4 unspecified atom stereocenters. The van der Waals surface area contributed by atoms with Crippen LogP contribution in [0.2, 0.25) is 0 Å². The van der Waals surface area contributed by atoms with Crippen molar-refractivity contribution in [2.45, 2.75) is 31.7 Å². The topological polar surface area (TPSA) is 49.3 Å². The Bertz CT molecular complexity index is 250. The lowest BCUT2D eigenvalue weighted by Gasteiger charge is -2.09. The number of nitrogens with one attached hydrogen (secondary N) is 1. The van der Waals surface area contributed by atoms with E-state index in [1.54, 1.807) is 0 Å². The van der Waals surface area contributed by atoms with E-state index in [0.29, 0.717) is 12.6 Å². The first-order valence-corrected chi connectivity index (χ1v) is 5.72. The Morgan fingerprint density at radius 1 is 1.29 bits per heavy atom. The van der Waals surface area contributed by atoms with E-state index < -0.39 is 5.97 Å². The molecule has 3 saturated carbocycles. The number of hydrogen-bond donors (Lipinski definition) is 2. The zero-order valence-corrected chi connectivity index (χ0v) is 8.28. The van der Waals surface area contributed by atoms with Crippen molar-refractivity contribution in [3.63, 3.8) is 0 Å². The van der Waals surface area contributed by atoms with Gasteiger partial charge in [0, 0.05) is 12.6 Å². The predicted molar refractivity (Wildman–Crippen MR) is 51.9 cm³/mol. The monoisotopic (exact) mass is 195 g/mol. The highest BCUT2D eigenvalue weighted by Gasteiger charge is 2.64. The Hall–Kier alpha value is -0.570. The molecule has 3 rings (SSSR count). The molecular weight excluding hydrogens is 178 g/mol. The minimum atomic E-state index is -0.689. The van der Waals surface area contributed by atoms with Gasteiger partial charge >= 0.3 is 5.97 Å². The summed E-state index contributed by atoms with van der Waals surface area (Å²) in [5.74, 6) is 3.11. The first kappa shape index (κ1) is 8.72. The molecule has 0 saturated heterocycles. The van der Waals surface area contributed by atoms with Gasteiger partial charge in [0.25, 0.3) is 0 Å². The fourth-order valence-electron chi connectivity index (χ4n) is 3.94. The molecule has 3 heteroatoms. The van der Waals surface area contributed by atoms with Crippen molar-refractivity contribution in [1.82, 2.24) is 5.32 Å². The fourth-order valence-corrected chi connectivity index (χ4v) is 3.94. The van der Waals surface area contributed by atoms with E-state index in [9.17, 15) is 4.79 Å². The molecule has 2 N–H and O–H groups in total. The van der Waals surface area contributed by atoms with Gasteiger partial charge in [-0.2, -0.15) is 0 Å². The summed E-state index contributed by atoms with van der Waals surface area (Å²) in [7, 11) is 0. The summed E-state index contributed by atoms with van der Waals surface area (Å²) >= 11 is 0. The van der Waals surface area contributed by atoms with E-state index in [2.05, 4.69) is 5.32 Å². The van der Waals surface area contributed by atoms with Gasteiger partial charge in [0.15, 0.2) is 0 Å². The van der Waals surface area contributed by atoms with Crippen molar-refractivity contribution in [2.24, 2.45) is 23.7 Å². The second-order valence-corrected chi connectivity index (χ2v) is 5.11. The van der Waals surface area contributed by atoms with Crippen LogP contribution in [0.15, 0.2) is 0 Å². The van der Waals surface area contributed by atoms with Crippen LogP contribution in [0.4, 0.5) is 0 Å². The number of rotatable bonds is 4. The Kier molecular flexibility index (Phi) is 1.84. The van der Waals surface area contributed by atoms with Crippen LogP contribution in [0.1, 0.15) is 25.7 Å². The molecule has 4 atom stereocenters. The van der Waals surface area contributed by atoms with Crippen LogP contribution in [0, 0.1) is 23.7 Å². The molecule has 3 nitrogen and oxygen atoms in total. The first-order valence-electron chi connectivity index (χ1n) is 5.72. The summed E-state index contributed by atoms with van der Waals surface area (Å²) in [5, 5.41) is 11.9. The molecule has 0 aromatic carbocycles. The third-order valence-electron chi connectivity index (χ3n) is 4.45. The predicted octanol–water partition coefficient (Wildman–Crippen LogP) is 1.10. The molecule has 14 heavy (non-hydrogen) atoms. The van der Waals surface area contributed by atoms with Gasteiger partial charge < -0.3 is 10.4 Å². The van der Waals surface area contributed by atoms with E-state index >= 15 is 0 Å². The third-order valence-corrected chi connectivity index (χ3v) is 4.45. The number of carboxylic acids is 1. The van der Waals surface area contributed by atoms with E-state index in [-0.39, 0.29) is 6.42 Å². The average molecular weight is 195 g/mol. The van der Waals surface area contributed by atoms with Crippen LogP contribution >= 0.6 is 0 Å². The minimum Gasteiger partial charge on any atom is -0.481 e. The summed E-state index contributed by atoms with van der Waals surface area (Å²) in [6.45, 7) is 0.659. The second kappa shape index (κ2) is 2.96. The highest BCUT2D eigenvalue weighted by molar-refractivity contribution is 5.66. The van der Waals surface area contributed by atoms with Gasteiger partial charge in [-0.1, -0.05) is 0 Å². The quantitative estimate of drug-likeness (QED) is 0.706. The molecule has 3 fully saturated rings. The first-order chi connectivity index (χ1) is 6.77. The minimum absolute atomic E-state index is 0.269. The van der Waals surface area contributed by atoms with Crippen molar-refractivity contribution in [3.05, 3.63) is 0 Å². The van der Waals surface area contributed by atoms with Crippen LogP contribution < -0.4 is 5.32 Å². The van der Waals surface area contributed by atoms with Gasteiger partial charge in [-0.15, -0.1) is 0 Å². The zero-order chi connectivity index (χ0) is 9.71. The molecule has 3 aliphatic carbocycles. The number of hydrogen-bond acceptors (Lipinski definition) is 2. The normalized spacial score (nSPS) is 47.9. The van der Waals surface area contributed by atoms with Crippen molar-refractivity contribution < 1.29 is 9.90 Å². The molecule has 0 aliphatic heterocycles. The van der Waals surface area contributed by atoms with E-state index in [0.717, 1.165) is 23.7 Å². The van der Waals surface area contributed by atoms with E-state index in [1.807, 2.05) is 0 Å². The van der Waals surface area contributed by atoms with Crippen LogP contribution in [0.3, 0.4) is 0 Å². The van der Waals surface area contributed by atoms with Crippen LogP contribution in [-0.2, 0) is 4.79 Å². The van der Waals surface area contributed by atoms with Gasteiger partial charge in [-0.3, -0.25) is 4.79 Å². The van der Waals surface area contributed by atoms with E-state index in [4.69, 9.17) is 5.11 Å². The maximum atomic E-state index is 10.3. The number of aliphatic carboxylic acids is 1. The Morgan fingerprint density at radius 3 is 2.50 bits per heavy atom. The summed E-state index contributed by atoms with van der Waals surface area (Å²) in [5.41, 5.74) is 0. The van der Waals surface area contributed by atoms with E-state index in [1.165, 1.54) is 19.3 Å². The van der Waals surface area contributed by atoms with Crippen LogP contribution in [0.5, 0.6) is 0 Å². The molecule has 0 aromatic rings. The molecule has 0 amide bonds. The second-order valence-electron chi connectivity index (χ2n) is 5.11. The summed E-state index contributed by atoms with van der Waals surface area (Å²) in [6.07, 6.45) is 4.60. The van der Waals surface area contributed by atoms with Gasteiger partial charge in [0.2, 0.25) is 0 Å². The molecule has 0 radical (unpaired) electrons. The van der Waals surface area contributed by atoms with Gasteiger partial charge in [-0.05, 0) is 42.9 Å². The average Bonchev–Trinajstić information content (AvgIpc) is 2.57. The third kappa shape index (κ3) is 1.18. The molecule has 3 aliphatic rings. The number of carbonyl (C=O) groups is 1. The highest BCUT2D eigenvalue weighted by Crippen LogP contribution is 2.65. The lowest BCUT2D eigenvalue weighted by molar-refractivity contribution is -0.136. The number of fused-ring (bicyclic) bond motifs is 5. The summed E-state index contributed by atoms with van der Waals surface area (Å²) in [6, 6.07) is 0.681. The van der Waals surface area contributed by atoms with Gasteiger partial charge in [0.1, 0.15) is 0 Å². The Labute approximate surface area is 83.9 Å². The largest absolute Gasteiger partial charge is 0.481 e. The summed E-state index contributed by atoms with van der Waals surface area (Å²) < 4.78 is 0. The lowest BCUT2D eigenvalue weighted by atomic mass is 10.0. The van der Waals surface area contributed by atoms with Crippen molar-refractivity contribution in [1.29, 1.82) is 0 Å². The summed E-state index contributed by atoms with van der Waals surface area (Å²) in [4.78, 5) is 10.3. The molecule has 0 aromatic heterocycles. The Balaban J connectivity index is 1.48. The lowest BCUT2D eigenvalue weighted by Crippen LogP contribution is -2.25. The molecule has 0 heterocycles. The Morgan fingerprint density at radius 2 is 1.93 bits per heavy atom.